The molecule has 0 fully saturated rings. The Morgan fingerprint density at radius 3 is 2.59 bits per heavy atom. The molecule has 7 heteroatoms. The highest BCUT2D eigenvalue weighted by atomic mass is 16.5. The number of primary amides is 1. The Hall–Kier alpha value is -3.19. The number of amides is 2. The molecular formula is C20H21N3O4. The number of esters is 1. The van der Waals surface area contributed by atoms with E-state index in [-0.39, 0.29) is 12.5 Å². The molecule has 1 aliphatic rings. The SMILES string of the molecule is COC(=O)c1cccc(NC(=O)CN2Cc3ccccc3C[C@H]2C(N)=O)c1. The first-order chi connectivity index (χ1) is 13.0. The van der Waals surface area contributed by atoms with Crippen molar-refractivity contribution >= 4 is 23.5 Å². The molecule has 2 aromatic carbocycles. The molecule has 0 bridgehead atoms. The lowest BCUT2D eigenvalue weighted by molar-refractivity contribution is -0.125. The number of anilines is 1. The standard InChI is InChI=1S/C20H21N3O4/c1-27-20(26)14-7-4-8-16(9-14)22-18(24)12-23-11-15-6-3-2-5-13(15)10-17(23)19(21)25/h2-9,17H,10-12H2,1H3,(H2,21,25)(H,22,24)/t17-/m0/s1. The maximum atomic E-state index is 12.5. The lowest BCUT2D eigenvalue weighted by atomic mass is 9.93. The van der Waals surface area contributed by atoms with Crippen LogP contribution in [0.15, 0.2) is 48.5 Å². The van der Waals surface area contributed by atoms with Crippen LogP contribution in [-0.2, 0) is 27.3 Å². The van der Waals surface area contributed by atoms with Crippen molar-refractivity contribution in [3.8, 4) is 0 Å². The minimum atomic E-state index is -0.535. The molecule has 27 heavy (non-hydrogen) atoms. The molecule has 7 nitrogen and oxygen atoms in total. The molecular weight excluding hydrogens is 346 g/mol. The molecule has 0 aliphatic carbocycles. The molecule has 2 aromatic rings. The highest BCUT2D eigenvalue weighted by molar-refractivity contribution is 5.95. The largest absolute Gasteiger partial charge is 0.465 e. The van der Waals surface area contributed by atoms with Crippen LogP contribution in [0.25, 0.3) is 0 Å². The van der Waals surface area contributed by atoms with Gasteiger partial charge in [0.1, 0.15) is 0 Å². The molecule has 0 radical (unpaired) electrons. The average Bonchev–Trinajstić information content (AvgIpc) is 2.66. The van der Waals surface area contributed by atoms with Gasteiger partial charge < -0.3 is 15.8 Å². The molecule has 0 spiro atoms. The number of nitrogens with two attached hydrogens (primary N) is 1. The number of carbonyl (C=O) groups is 3. The lowest BCUT2D eigenvalue weighted by Crippen LogP contribution is -2.50. The molecule has 0 unspecified atom stereocenters. The molecule has 1 heterocycles. The first kappa shape index (κ1) is 18.6. The quantitative estimate of drug-likeness (QED) is 0.776. The number of methoxy groups -OCH3 is 1. The van der Waals surface area contributed by atoms with E-state index in [4.69, 9.17) is 5.73 Å². The van der Waals surface area contributed by atoms with Crippen molar-refractivity contribution in [2.24, 2.45) is 5.73 Å². The van der Waals surface area contributed by atoms with E-state index in [0.29, 0.717) is 24.2 Å². The predicted molar refractivity (Wildman–Crippen MR) is 99.9 cm³/mol. The summed E-state index contributed by atoms with van der Waals surface area (Å²) in [6.07, 6.45) is 0.483. The van der Waals surface area contributed by atoms with Crippen LogP contribution in [0.3, 0.4) is 0 Å². The fourth-order valence-electron chi connectivity index (χ4n) is 3.25. The third-order valence-electron chi connectivity index (χ3n) is 4.59. The smallest absolute Gasteiger partial charge is 0.337 e. The van der Waals surface area contributed by atoms with Gasteiger partial charge in [0.25, 0.3) is 0 Å². The van der Waals surface area contributed by atoms with Crippen molar-refractivity contribution < 1.29 is 19.1 Å². The zero-order valence-corrected chi connectivity index (χ0v) is 15.0. The monoisotopic (exact) mass is 367 g/mol. The molecule has 3 N–H and O–H groups in total. The van der Waals surface area contributed by atoms with Crippen molar-refractivity contribution in [3.05, 3.63) is 65.2 Å². The average molecular weight is 367 g/mol. The summed E-state index contributed by atoms with van der Waals surface area (Å²) < 4.78 is 4.68. The van der Waals surface area contributed by atoms with Crippen LogP contribution in [0.5, 0.6) is 0 Å². The Kier molecular flexibility index (Phi) is 5.52. The highest BCUT2D eigenvalue weighted by Crippen LogP contribution is 2.23. The van der Waals surface area contributed by atoms with Gasteiger partial charge in [-0.15, -0.1) is 0 Å². The Bertz CT molecular complexity index is 881. The van der Waals surface area contributed by atoms with E-state index in [9.17, 15) is 14.4 Å². The number of benzene rings is 2. The molecule has 0 saturated heterocycles. The van der Waals surface area contributed by atoms with Crippen molar-refractivity contribution in [1.82, 2.24) is 4.90 Å². The van der Waals surface area contributed by atoms with Crippen LogP contribution in [0, 0.1) is 0 Å². The van der Waals surface area contributed by atoms with Gasteiger partial charge in [-0.2, -0.15) is 0 Å². The van der Waals surface area contributed by atoms with Gasteiger partial charge in [0, 0.05) is 12.2 Å². The fraction of sp³-hybridized carbons (Fsp3) is 0.250. The summed E-state index contributed by atoms with van der Waals surface area (Å²) in [6, 6.07) is 13.8. The van der Waals surface area contributed by atoms with Crippen molar-refractivity contribution in [2.75, 3.05) is 19.0 Å². The number of rotatable bonds is 5. The number of hydrogen-bond acceptors (Lipinski definition) is 5. The molecule has 140 valence electrons. The van der Waals surface area contributed by atoms with E-state index in [1.165, 1.54) is 7.11 Å². The van der Waals surface area contributed by atoms with Gasteiger partial charge >= 0.3 is 5.97 Å². The Morgan fingerprint density at radius 1 is 1.15 bits per heavy atom. The van der Waals surface area contributed by atoms with E-state index in [0.717, 1.165) is 11.1 Å². The lowest BCUT2D eigenvalue weighted by Gasteiger charge is -2.34. The zero-order chi connectivity index (χ0) is 19.4. The van der Waals surface area contributed by atoms with Gasteiger partial charge in [-0.1, -0.05) is 30.3 Å². The van der Waals surface area contributed by atoms with Crippen LogP contribution in [0.1, 0.15) is 21.5 Å². The van der Waals surface area contributed by atoms with Gasteiger partial charge in [0.05, 0.1) is 25.3 Å². The van der Waals surface area contributed by atoms with Crippen LogP contribution >= 0.6 is 0 Å². The number of carbonyl (C=O) groups excluding carboxylic acids is 3. The van der Waals surface area contributed by atoms with Crippen LogP contribution in [0.2, 0.25) is 0 Å². The highest BCUT2D eigenvalue weighted by Gasteiger charge is 2.31. The van der Waals surface area contributed by atoms with E-state index in [1.807, 2.05) is 24.3 Å². The van der Waals surface area contributed by atoms with Gasteiger partial charge in [-0.3, -0.25) is 14.5 Å². The zero-order valence-electron chi connectivity index (χ0n) is 15.0. The number of nitrogens with one attached hydrogen (secondary N) is 1. The van der Waals surface area contributed by atoms with E-state index in [2.05, 4.69) is 10.1 Å². The Labute approximate surface area is 157 Å². The molecule has 0 aromatic heterocycles. The second kappa shape index (κ2) is 8.01. The van der Waals surface area contributed by atoms with Crippen molar-refractivity contribution in [1.29, 1.82) is 0 Å². The molecule has 2 amide bonds. The van der Waals surface area contributed by atoms with Crippen molar-refractivity contribution in [2.45, 2.75) is 19.0 Å². The maximum absolute atomic E-state index is 12.5. The summed E-state index contributed by atoms with van der Waals surface area (Å²) in [4.78, 5) is 37.7. The molecule has 1 aliphatic heterocycles. The van der Waals surface area contributed by atoms with Gasteiger partial charge in [0.15, 0.2) is 0 Å². The van der Waals surface area contributed by atoms with E-state index >= 15 is 0 Å². The van der Waals surface area contributed by atoms with Crippen LogP contribution in [0.4, 0.5) is 5.69 Å². The van der Waals surface area contributed by atoms with E-state index in [1.54, 1.807) is 29.2 Å². The van der Waals surface area contributed by atoms with Gasteiger partial charge in [0.2, 0.25) is 11.8 Å². The molecule has 1 atom stereocenters. The summed E-state index contributed by atoms with van der Waals surface area (Å²) in [7, 11) is 1.30. The third-order valence-corrected chi connectivity index (χ3v) is 4.59. The van der Waals surface area contributed by atoms with Crippen LogP contribution in [-0.4, -0.2) is 42.4 Å². The normalized spacial score (nSPS) is 16.3. The van der Waals surface area contributed by atoms with Crippen LogP contribution < -0.4 is 11.1 Å². The maximum Gasteiger partial charge on any atom is 0.337 e. The van der Waals surface area contributed by atoms with Crippen molar-refractivity contribution in [3.63, 3.8) is 0 Å². The number of nitrogens with zero attached hydrogens (tertiary/aromatic N) is 1. The minimum Gasteiger partial charge on any atom is -0.465 e. The fourth-order valence-corrected chi connectivity index (χ4v) is 3.25. The van der Waals surface area contributed by atoms with Gasteiger partial charge in [-0.05, 0) is 35.7 Å². The second-order valence-corrected chi connectivity index (χ2v) is 6.42. The van der Waals surface area contributed by atoms with E-state index < -0.39 is 17.9 Å². The number of fused-ring (bicyclic) bond motifs is 1. The number of ether oxygens (including phenoxy) is 1. The summed E-state index contributed by atoms with van der Waals surface area (Å²) in [5, 5.41) is 2.75. The summed E-state index contributed by atoms with van der Waals surface area (Å²) in [5.41, 5.74) is 8.53. The summed E-state index contributed by atoms with van der Waals surface area (Å²) in [5.74, 6) is -1.22. The molecule has 3 rings (SSSR count). The predicted octanol–water partition coefficient (Wildman–Crippen LogP) is 1.32. The first-order valence-corrected chi connectivity index (χ1v) is 8.56. The Morgan fingerprint density at radius 2 is 1.89 bits per heavy atom. The summed E-state index contributed by atoms with van der Waals surface area (Å²) >= 11 is 0. The second-order valence-electron chi connectivity index (χ2n) is 6.42. The number of hydrogen-bond donors (Lipinski definition) is 2. The first-order valence-electron chi connectivity index (χ1n) is 8.56. The topological polar surface area (TPSA) is 102 Å². The third kappa shape index (κ3) is 4.32. The molecule has 0 saturated carbocycles. The summed E-state index contributed by atoms with van der Waals surface area (Å²) in [6.45, 7) is 0.490. The minimum absolute atomic E-state index is 0.0182. The Balaban J connectivity index is 1.71. The van der Waals surface area contributed by atoms with Gasteiger partial charge in [-0.25, -0.2) is 4.79 Å².